The van der Waals surface area contributed by atoms with Crippen molar-refractivity contribution in [1.82, 2.24) is 10.6 Å². The fraction of sp³-hybridized carbons (Fsp3) is 0.714. The van der Waals surface area contributed by atoms with Crippen molar-refractivity contribution in [3.8, 4) is 0 Å². The second-order valence-electron chi connectivity index (χ2n) is 9.58. The number of anilines is 1. The lowest BCUT2D eigenvalue weighted by Crippen LogP contribution is -2.38. The SMILES string of the molecule is CC(NC(C)(C)C)c1ccc(N2CC[C@@H](NCC(C)(C)C)C2)cc1. The van der Waals surface area contributed by atoms with Crippen molar-refractivity contribution >= 4 is 5.69 Å². The van der Waals surface area contributed by atoms with Gasteiger partial charge in [-0.3, -0.25) is 0 Å². The predicted octanol–water partition coefficient (Wildman–Crippen LogP) is 4.35. The highest BCUT2D eigenvalue weighted by Crippen LogP contribution is 2.24. The smallest absolute Gasteiger partial charge is 0.0366 e. The Morgan fingerprint density at radius 1 is 1.08 bits per heavy atom. The summed E-state index contributed by atoms with van der Waals surface area (Å²) in [5, 5.41) is 7.36. The van der Waals surface area contributed by atoms with Crippen molar-refractivity contribution < 1.29 is 0 Å². The highest BCUT2D eigenvalue weighted by Gasteiger charge is 2.24. The van der Waals surface area contributed by atoms with Crippen LogP contribution >= 0.6 is 0 Å². The van der Waals surface area contributed by atoms with Crippen LogP contribution in [-0.2, 0) is 0 Å². The molecule has 24 heavy (non-hydrogen) atoms. The average Bonchev–Trinajstić information content (AvgIpc) is 2.92. The zero-order valence-electron chi connectivity index (χ0n) is 16.7. The molecule has 2 rings (SSSR count). The van der Waals surface area contributed by atoms with E-state index in [9.17, 15) is 0 Å². The molecule has 1 unspecified atom stereocenters. The van der Waals surface area contributed by atoms with E-state index in [1.54, 1.807) is 0 Å². The Balaban J connectivity index is 1.90. The Bertz CT molecular complexity index is 507. The van der Waals surface area contributed by atoms with E-state index in [1.165, 1.54) is 17.7 Å². The van der Waals surface area contributed by atoms with Gasteiger partial charge in [-0.25, -0.2) is 0 Å². The molecule has 136 valence electrons. The molecule has 1 fully saturated rings. The van der Waals surface area contributed by atoms with Crippen LogP contribution in [0.5, 0.6) is 0 Å². The molecule has 1 heterocycles. The Morgan fingerprint density at radius 3 is 2.25 bits per heavy atom. The number of nitrogens with zero attached hydrogens (tertiary/aromatic N) is 1. The molecule has 3 nitrogen and oxygen atoms in total. The van der Waals surface area contributed by atoms with Crippen LogP contribution in [0.25, 0.3) is 0 Å². The van der Waals surface area contributed by atoms with Crippen molar-refractivity contribution in [2.75, 3.05) is 24.5 Å². The maximum Gasteiger partial charge on any atom is 0.0366 e. The molecule has 2 atom stereocenters. The first-order chi connectivity index (χ1) is 11.0. The minimum absolute atomic E-state index is 0.138. The second kappa shape index (κ2) is 7.45. The Hall–Kier alpha value is -1.06. The topological polar surface area (TPSA) is 27.3 Å². The minimum Gasteiger partial charge on any atom is -0.370 e. The molecule has 1 aromatic carbocycles. The van der Waals surface area contributed by atoms with Gasteiger partial charge in [-0.15, -0.1) is 0 Å². The summed E-state index contributed by atoms with van der Waals surface area (Å²) in [6.07, 6.45) is 1.24. The summed E-state index contributed by atoms with van der Waals surface area (Å²) in [5.74, 6) is 0. The molecule has 1 aliphatic rings. The van der Waals surface area contributed by atoms with Gasteiger partial charge >= 0.3 is 0 Å². The molecule has 0 aliphatic carbocycles. The third-order valence-electron chi connectivity index (χ3n) is 4.52. The number of nitrogens with one attached hydrogen (secondary N) is 2. The first-order valence-corrected chi connectivity index (χ1v) is 9.39. The molecule has 0 aromatic heterocycles. The van der Waals surface area contributed by atoms with Crippen molar-refractivity contribution in [3.05, 3.63) is 29.8 Å². The monoisotopic (exact) mass is 331 g/mol. The fourth-order valence-corrected chi connectivity index (χ4v) is 3.32. The normalized spacial score (nSPS) is 20.5. The van der Waals surface area contributed by atoms with Gasteiger partial charge in [-0.2, -0.15) is 0 Å². The van der Waals surface area contributed by atoms with Crippen LogP contribution < -0.4 is 15.5 Å². The first-order valence-electron chi connectivity index (χ1n) is 9.39. The fourth-order valence-electron chi connectivity index (χ4n) is 3.32. The molecule has 0 amide bonds. The molecule has 0 spiro atoms. The molecule has 0 saturated carbocycles. The molecule has 0 bridgehead atoms. The summed E-state index contributed by atoms with van der Waals surface area (Å²) in [4.78, 5) is 2.51. The lowest BCUT2D eigenvalue weighted by Gasteiger charge is -2.27. The van der Waals surface area contributed by atoms with E-state index in [4.69, 9.17) is 0 Å². The van der Waals surface area contributed by atoms with Gasteiger partial charge in [0, 0.05) is 42.9 Å². The van der Waals surface area contributed by atoms with Gasteiger partial charge in [0.1, 0.15) is 0 Å². The van der Waals surface area contributed by atoms with Crippen LogP contribution in [-0.4, -0.2) is 31.2 Å². The van der Waals surface area contributed by atoms with E-state index in [2.05, 4.69) is 88.3 Å². The van der Waals surface area contributed by atoms with Crippen molar-refractivity contribution in [2.24, 2.45) is 5.41 Å². The van der Waals surface area contributed by atoms with E-state index < -0.39 is 0 Å². The Morgan fingerprint density at radius 2 is 1.71 bits per heavy atom. The number of hydrogen-bond acceptors (Lipinski definition) is 3. The molecule has 1 aromatic rings. The van der Waals surface area contributed by atoms with Gasteiger partial charge in [0.05, 0.1) is 0 Å². The summed E-state index contributed by atoms with van der Waals surface area (Å²) < 4.78 is 0. The van der Waals surface area contributed by atoms with Crippen LogP contribution in [0.4, 0.5) is 5.69 Å². The lowest BCUT2D eigenvalue weighted by atomic mass is 9.96. The molecule has 1 aliphatic heterocycles. The van der Waals surface area contributed by atoms with Crippen LogP contribution in [0.3, 0.4) is 0 Å². The second-order valence-corrected chi connectivity index (χ2v) is 9.58. The number of hydrogen-bond donors (Lipinski definition) is 2. The van der Waals surface area contributed by atoms with Crippen molar-refractivity contribution in [1.29, 1.82) is 0 Å². The van der Waals surface area contributed by atoms with Crippen LogP contribution in [0, 0.1) is 5.41 Å². The van der Waals surface area contributed by atoms with Crippen LogP contribution in [0.15, 0.2) is 24.3 Å². The third kappa shape index (κ3) is 6.10. The van der Waals surface area contributed by atoms with Gasteiger partial charge in [0.15, 0.2) is 0 Å². The van der Waals surface area contributed by atoms with Gasteiger partial charge < -0.3 is 15.5 Å². The van der Waals surface area contributed by atoms with E-state index in [0.717, 1.165) is 19.6 Å². The number of rotatable bonds is 5. The van der Waals surface area contributed by atoms with E-state index in [-0.39, 0.29) is 5.54 Å². The van der Waals surface area contributed by atoms with E-state index >= 15 is 0 Å². The molecule has 3 heteroatoms. The molecular formula is C21H37N3. The zero-order valence-corrected chi connectivity index (χ0v) is 16.7. The van der Waals surface area contributed by atoms with Gasteiger partial charge in [-0.05, 0) is 57.2 Å². The third-order valence-corrected chi connectivity index (χ3v) is 4.52. The zero-order chi connectivity index (χ0) is 18.0. The average molecular weight is 332 g/mol. The summed E-state index contributed by atoms with van der Waals surface area (Å²) >= 11 is 0. The van der Waals surface area contributed by atoms with Crippen molar-refractivity contribution in [3.63, 3.8) is 0 Å². The minimum atomic E-state index is 0.138. The Kier molecular flexibility index (Phi) is 5.98. The molecule has 2 N–H and O–H groups in total. The summed E-state index contributed by atoms with van der Waals surface area (Å²) in [5.41, 5.74) is 3.20. The molecule has 1 saturated heterocycles. The highest BCUT2D eigenvalue weighted by molar-refractivity contribution is 5.49. The van der Waals surface area contributed by atoms with E-state index in [1.807, 2.05) is 0 Å². The maximum atomic E-state index is 3.72. The predicted molar refractivity (Wildman–Crippen MR) is 106 cm³/mol. The summed E-state index contributed by atoms with van der Waals surface area (Å²) in [7, 11) is 0. The quantitative estimate of drug-likeness (QED) is 0.840. The standard InChI is InChI=1S/C21H37N3/c1-16(23-21(5,6)7)17-8-10-19(11-9-17)24-13-12-18(14-24)22-15-20(2,3)4/h8-11,16,18,22-23H,12-15H2,1-7H3/t16?,18-/m1/s1. The molecular weight excluding hydrogens is 294 g/mol. The van der Waals surface area contributed by atoms with Gasteiger partial charge in [-0.1, -0.05) is 32.9 Å². The van der Waals surface area contributed by atoms with Gasteiger partial charge in [0.25, 0.3) is 0 Å². The Labute approximate surface area is 149 Å². The summed E-state index contributed by atoms with van der Waals surface area (Å²) in [6, 6.07) is 10.1. The maximum absolute atomic E-state index is 3.72. The van der Waals surface area contributed by atoms with Crippen LogP contribution in [0.1, 0.15) is 66.5 Å². The lowest BCUT2D eigenvalue weighted by molar-refractivity contribution is 0.357. The molecule has 0 radical (unpaired) electrons. The van der Waals surface area contributed by atoms with Crippen molar-refractivity contribution in [2.45, 2.75) is 72.5 Å². The van der Waals surface area contributed by atoms with E-state index in [0.29, 0.717) is 17.5 Å². The first kappa shape index (κ1) is 19.3. The summed E-state index contributed by atoms with van der Waals surface area (Å²) in [6.45, 7) is 19.1. The largest absolute Gasteiger partial charge is 0.370 e. The highest BCUT2D eigenvalue weighted by atomic mass is 15.2. The van der Waals surface area contributed by atoms with Gasteiger partial charge in [0.2, 0.25) is 0 Å². The van der Waals surface area contributed by atoms with Crippen LogP contribution in [0.2, 0.25) is 0 Å². The number of benzene rings is 1.